The van der Waals surface area contributed by atoms with Crippen LogP contribution >= 0.6 is 0 Å². The molecule has 0 radical (unpaired) electrons. The van der Waals surface area contributed by atoms with E-state index in [9.17, 15) is 0 Å². The van der Waals surface area contributed by atoms with Crippen molar-refractivity contribution in [2.75, 3.05) is 0 Å². The van der Waals surface area contributed by atoms with Crippen molar-refractivity contribution in [1.82, 2.24) is 0 Å². The molecule has 0 bridgehead atoms. The van der Waals surface area contributed by atoms with Crippen molar-refractivity contribution in [3.8, 4) is 0 Å². The summed E-state index contributed by atoms with van der Waals surface area (Å²) in [6.45, 7) is 3.61. The summed E-state index contributed by atoms with van der Waals surface area (Å²) in [5, 5.41) is 10.4. The summed E-state index contributed by atoms with van der Waals surface area (Å²) in [6, 6.07) is 0. The molecule has 0 saturated carbocycles. The van der Waals surface area contributed by atoms with Crippen LogP contribution in [-0.2, 0) is 0 Å². The molecule has 0 amide bonds. The van der Waals surface area contributed by atoms with E-state index in [0.717, 1.165) is 5.57 Å². The zero-order valence-corrected chi connectivity index (χ0v) is 3.89. The highest BCUT2D eigenvalue weighted by atomic mass is 16.4. The highest BCUT2D eigenvalue weighted by Gasteiger charge is 1.62. The van der Waals surface area contributed by atoms with Crippen LogP contribution in [0.25, 0.3) is 0 Å². The molecule has 0 atom stereocenters. The maximum Gasteiger partial charge on any atom is 0.0268 e. The van der Waals surface area contributed by atoms with Gasteiger partial charge in [0.1, 0.15) is 0 Å². The lowest BCUT2D eigenvalue weighted by Gasteiger charge is -1.68. The molecule has 0 unspecified atom stereocenters. The zero-order valence-electron chi connectivity index (χ0n) is 3.89. The minimum Gasteiger partial charge on any atom is -0.404 e. The van der Waals surface area contributed by atoms with Crippen LogP contribution in [0.1, 0.15) is 13.8 Å². The lowest BCUT2D eigenvalue weighted by Crippen LogP contribution is -1.60. The van der Waals surface area contributed by atoms with Crippen LogP contribution in [0.15, 0.2) is 10.7 Å². The lowest BCUT2D eigenvalue weighted by atomic mass is 10.4. The van der Waals surface area contributed by atoms with E-state index in [2.05, 4.69) is 11.0 Å². The van der Waals surface area contributed by atoms with Gasteiger partial charge in [-0.3, -0.25) is 0 Å². The van der Waals surface area contributed by atoms with E-state index >= 15 is 0 Å². The zero-order chi connectivity index (χ0) is 4.99. The molecule has 0 spiro atoms. The molecule has 0 saturated heterocycles. The Morgan fingerprint density at radius 1 is 1.67 bits per heavy atom. The van der Waals surface area contributed by atoms with E-state index in [1.165, 1.54) is 0 Å². The molecule has 0 aliphatic carbocycles. The second-order valence-electron chi connectivity index (χ2n) is 1.21. The molecule has 6 heavy (non-hydrogen) atoms. The van der Waals surface area contributed by atoms with Crippen molar-refractivity contribution < 1.29 is 5.21 Å². The van der Waals surface area contributed by atoms with Crippen LogP contribution < -0.4 is 0 Å². The largest absolute Gasteiger partial charge is 0.404 e. The topological polar surface area (TPSA) is 32.6 Å². The Labute approximate surface area is 36.8 Å². The molecule has 34 valence electrons. The molecule has 0 aromatic rings. The van der Waals surface area contributed by atoms with Gasteiger partial charge in [0, 0.05) is 5.87 Å². The first-order valence-electron chi connectivity index (χ1n) is 1.67. The Hall–Kier alpha value is -0.750. The Morgan fingerprint density at radius 2 is 2.17 bits per heavy atom. The normalized spacial score (nSPS) is 6.33. The van der Waals surface area contributed by atoms with E-state index in [1.54, 1.807) is 13.8 Å². The molecule has 1 N–H and O–H groups in total. The van der Waals surface area contributed by atoms with E-state index in [0.29, 0.717) is 0 Å². The first kappa shape index (κ1) is 5.25. The van der Waals surface area contributed by atoms with Crippen LogP contribution in [0.2, 0.25) is 0 Å². The summed E-state index contributed by atoms with van der Waals surface area (Å²) in [4.78, 5) is 0. The predicted octanol–water partition coefficient (Wildman–Crippen LogP) is 1.01. The summed E-state index contributed by atoms with van der Waals surface area (Å²) in [7, 11) is 0. The van der Waals surface area contributed by atoms with Crippen LogP contribution in [0.3, 0.4) is 0 Å². The third-order valence-corrected chi connectivity index (χ3v) is 0.274. The van der Waals surface area contributed by atoms with E-state index in [-0.39, 0.29) is 0 Å². The molecule has 0 aliphatic heterocycles. The second kappa shape index (κ2) is 2.49. The van der Waals surface area contributed by atoms with Gasteiger partial charge in [-0.25, -0.2) is 0 Å². The third kappa shape index (κ3) is 3.25. The first-order chi connectivity index (χ1) is 2.77. The number of hydrogen-bond acceptors (Lipinski definition) is 2. The molecule has 0 fully saturated rings. The number of nitrogens with zero attached hydrogens (tertiary/aromatic N) is 1. The van der Waals surface area contributed by atoms with Gasteiger partial charge < -0.3 is 5.21 Å². The molecule has 0 heterocycles. The van der Waals surface area contributed by atoms with Crippen LogP contribution in [0, 0.1) is 0 Å². The fourth-order valence-electron chi connectivity index (χ4n) is 0.100. The highest BCUT2D eigenvalue weighted by Crippen LogP contribution is 1.74. The minimum atomic E-state index is 0.873. The van der Waals surface area contributed by atoms with Gasteiger partial charge in [-0.1, -0.05) is 0 Å². The third-order valence-electron chi connectivity index (χ3n) is 0.274. The average molecular weight is 85.1 g/mol. The lowest BCUT2D eigenvalue weighted by molar-refractivity contribution is 0.322. The Kier molecular flexibility index (Phi) is 2.17. The predicted molar refractivity (Wildman–Crippen MR) is 24.1 cm³/mol. The number of allylic oxidation sites excluding steroid dienone is 1. The maximum absolute atomic E-state index is 7.73. The Morgan fingerprint density at radius 3 is 2.17 bits per heavy atom. The summed E-state index contributed by atoms with van der Waals surface area (Å²) in [5.74, 6) is 2.31. The van der Waals surface area contributed by atoms with Gasteiger partial charge in [-0.2, -0.15) is 0 Å². The Bertz CT molecular complexity index is 85.7. The van der Waals surface area contributed by atoms with E-state index in [4.69, 9.17) is 5.21 Å². The standard InChI is InChI=1S/C4H7NO/c1-4(2)3-5-6/h6H,1-2H3. The van der Waals surface area contributed by atoms with Gasteiger partial charge in [-0.15, -0.1) is 0 Å². The highest BCUT2D eigenvalue weighted by molar-refractivity contribution is 5.54. The van der Waals surface area contributed by atoms with Gasteiger partial charge in [0.05, 0.1) is 0 Å². The SMILES string of the molecule is CC(C)=C=NO. The fourth-order valence-corrected chi connectivity index (χ4v) is 0.100. The van der Waals surface area contributed by atoms with Crippen molar-refractivity contribution in [2.45, 2.75) is 13.8 Å². The summed E-state index contributed by atoms with van der Waals surface area (Å²) >= 11 is 0. The monoisotopic (exact) mass is 85.1 g/mol. The second-order valence-corrected chi connectivity index (χ2v) is 1.21. The van der Waals surface area contributed by atoms with Gasteiger partial charge in [0.15, 0.2) is 0 Å². The Balaban J connectivity index is 3.73. The average Bonchev–Trinajstić information content (AvgIpc) is 1.35. The fraction of sp³-hybridized carbons (Fsp3) is 0.500. The molecule has 0 aliphatic rings. The maximum atomic E-state index is 7.73. The van der Waals surface area contributed by atoms with Gasteiger partial charge >= 0.3 is 0 Å². The van der Waals surface area contributed by atoms with Crippen LogP contribution in [0.5, 0.6) is 0 Å². The summed E-state index contributed by atoms with van der Waals surface area (Å²) in [5.41, 5.74) is 0.873. The molecule has 0 aromatic carbocycles. The molecule has 2 nitrogen and oxygen atoms in total. The first-order valence-corrected chi connectivity index (χ1v) is 1.67. The van der Waals surface area contributed by atoms with Crippen molar-refractivity contribution in [3.05, 3.63) is 5.57 Å². The summed E-state index contributed by atoms with van der Waals surface area (Å²) < 4.78 is 0. The smallest absolute Gasteiger partial charge is 0.0268 e. The van der Waals surface area contributed by atoms with Gasteiger partial charge in [0.2, 0.25) is 0 Å². The molecule has 0 rings (SSSR count). The molecular formula is C4H7NO. The van der Waals surface area contributed by atoms with Crippen molar-refractivity contribution in [2.24, 2.45) is 5.16 Å². The van der Waals surface area contributed by atoms with Crippen molar-refractivity contribution >= 4 is 5.87 Å². The van der Waals surface area contributed by atoms with E-state index in [1.807, 2.05) is 0 Å². The number of rotatable bonds is 0. The minimum absolute atomic E-state index is 0.873. The molecule has 2 heteroatoms. The molecule has 0 aromatic heterocycles. The van der Waals surface area contributed by atoms with Crippen molar-refractivity contribution in [3.63, 3.8) is 0 Å². The van der Waals surface area contributed by atoms with Crippen LogP contribution in [0.4, 0.5) is 0 Å². The number of hydrogen-bond donors (Lipinski definition) is 1. The van der Waals surface area contributed by atoms with Gasteiger partial charge in [-0.05, 0) is 24.6 Å². The van der Waals surface area contributed by atoms with Gasteiger partial charge in [0.25, 0.3) is 0 Å². The molecular weight excluding hydrogens is 78.0 g/mol. The quantitative estimate of drug-likeness (QED) is 0.266. The van der Waals surface area contributed by atoms with Crippen molar-refractivity contribution in [1.29, 1.82) is 0 Å². The van der Waals surface area contributed by atoms with Crippen LogP contribution in [-0.4, -0.2) is 11.1 Å². The summed E-state index contributed by atoms with van der Waals surface area (Å²) in [6.07, 6.45) is 0. The van der Waals surface area contributed by atoms with E-state index < -0.39 is 0 Å².